The van der Waals surface area contributed by atoms with Gasteiger partial charge < -0.3 is 21.8 Å². The van der Waals surface area contributed by atoms with Crippen LogP contribution in [0.25, 0.3) is 10.6 Å². The zero-order chi connectivity index (χ0) is 23.8. The molecular weight excluding hydrogens is 482 g/mol. The number of alkyl halides is 4. The van der Waals surface area contributed by atoms with E-state index in [0.29, 0.717) is 34.5 Å². The molecule has 5 N–H and O–H groups in total. The van der Waals surface area contributed by atoms with E-state index in [1.165, 1.54) is 12.3 Å². The Morgan fingerprint density at radius 1 is 1.45 bits per heavy atom. The number of piperidine rings is 1. The largest absolute Gasteiger partial charge is 0.420 e. The molecule has 14 heteroatoms. The van der Waals surface area contributed by atoms with E-state index in [2.05, 4.69) is 20.6 Å². The smallest absolute Gasteiger partial charge is 0.404 e. The average Bonchev–Trinajstić information content (AvgIpc) is 3.35. The molecule has 8 nitrogen and oxygen atoms in total. The molecule has 1 fully saturated rings. The molecule has 0 spiro atoms. The van der Waals surface area contributed by atoms with Gasteiger partial charge in [-0.25, -0.2) is 18.7 Å². The lowest BCUT2D eigenvalue weighted by molar-refractivity contribution is -0.137. The summed E-state index contributed by atoms with van der Waals surface area (Å²) in [7, 11) is 0. The first-order chi connectivity index (χ1) is 15.7. The van der Waals surface area contributed by atoms with Crippen molar-refractivity contribution < 1.29 is 22.4 Å². The Labute approximate surface area is 194 Å². The fourth-order valence-corrected chi connectivity index (χ4v) is 5.44. The second-order valence-electron chi connectivity index (χ2n) is 7.33. The third-order valence-electron chi connectivity index (χ3n) is 5.15. The maximum atomic E-state index is 14.8. The normalized spacial score (nSPS) is 21.6. The van der Waals surface area contributed by atoms with Crippen LogP contribution >= 0.6 is 23.3 Å². The summed E-state index contributed by atoms with van der Waals surface area (Å²) >= 11 is 2.22. The van der Waals surface area contributed by atoms with Crippen molar-refractivity contribution in [2.24, 2.45) is 5.73 Å². The fourth-order valence-electron chi connectivity index (χ4n) is 3.51. The standard InChI is InChI=1S/C19H19F4N7OS2/c20-12-8-30(33-9(4-24)5-25)2-1-13(12)28-18-27-6-11(19(21,22)23)16(29-18)14-3-10-15(32-14)7-26-17(10)31/h3-6,12-13,24H,1-2,7-8,25H2,(H,26,31)(H,27,28,29)/b9-5+,24-4?. The van der Waals surface area contributed by atoms with E-state index >= 15 is 0 Å². The third kappa shape index (κ3) is 4.96. The van der Waals surface area contributed by atoms with Crippen LogP contribution in [0.1, 0.15) is 27.2 Å². The van der Waals surface area contributed by atoms with Gasteiger partial charge in [-0.2, -0.15) is 13.2 Å². The summed E-state index contributed by atoms with van der Waals surface area (Å²) in [6, 6.07) is 0.694. The van der Waals surface area contributed by atoms with Crippen LogP contribution in [0.4, 0.5) is 23.5 Å². The number of thiophene rings is 1. The summed E-state index contributed by atoms with van der Waals surface area (Å²) in [6.07, 6.45) is -2.69. The molecule has 2 aromatic heterocycles. The highest BCUT2D eigenvalue weighted by atomic mass is 32.2. The van der Waals surface area contributed by atoms with Gasteiger partial charge in [-0.3, -0.25) is 4.79 Å². The molecule has 176 valence electrons. The van der Waals surface area contributed by atoms with Gasteiger partial charge in [0.25, 0.3) is 5.91 Å². The number of aromatic nitrogens is 2. The molecule has 0 aliphatic carbocycles. The van der Waals surface area contributed by atoms with Crippen molar-refractivity contribution in [3.8, 4) is 10.6 Å². The SMILES string of the molecule is N=C/C(=C\N)SN1CCC(Nc2ncc(C(F)(F)F)c(-c3cc4c(s3)CNC4=O)n2)C(F)C1. The number of nitrogens with two attached hydrogens (primary N) is 1. The fraction of sp³-hybridized carbons (Fsp3) is 0.368. The zero-order valence-corrected chi connectivity index (χ0v) is 18.6. The van der Waals surface area contributed by atoms with Crippen molar-refractivity contribution in [3.63, 3.8) is 0 Å². The van der Waals surface area contributed by atoms with Gasteiger partial charge in [-0.1, -0.05) is 0 Å². The maximum Gasteiger partial charge on any atom is 0.420 e. The first-order valence-electron chi connectivity index (χ1n) is 9.81. The molecular formula is C19H19F4N7OS2. The molecule has 0 aromatic carbocycles. The van der Waals surface area contributed by atoms with Crippen molar-refractivity contribution in [3.05, 3.63) is 39.4 Å². The molecule has 0 radical (unpaired) electrons. The number of allylic oxidation sites excluding steroid dienone is 1. The number of carbonyl (C=O) groups is 1. The second kappa shape index (κ2) is 9.27. The van der Waals surface area contributed by atoms with E-state index in [9.17, 15) is 22.4 Å². The Balaban J connectivity index is 1.55. The Bertz CT molecular complexity index is 1100. The summed E-state index contributed by atoms with van der Waals surface area (Å²) in [5, 5.41) is 12.7. The quantitative estimate of drug-likeness (QED) is 0.272. The number of amides is 1. The van der Waals surface area contributed by atoms with Gasteiger partial charge in [-0.05, 0) is 24.4 Å². The Morgan fingerprint density at radius 3 is 2.88 bits per heavy atom. The Morgan fingerprint density at radius 2 is 2.24 bits per heavy atom. The number of rotatable bonds is 6. The molecule has 2 aromatic rings. The van der Waals surface area contributed by atoms with Gasteiger partial charge in [0.2, 0.25) is 5.95 Å². The highest BCUT2D eigenvalue weighted by molar-refractivity contribution is 8.01. The number of halogens is 4. The van der Waals surface area contributed by atoms with E-state index in [1.54, 1.807) is 4.31 Å². The van der Waals surface area contributed by atoms with Crippen LogP contribution in [0.2, 0.25) is 0 Å². The highest BCUT2D eigenvalue weighted by Gasteiger charge is 2.37. The Kier molecular flexibility index (Phi) is 6.59. The number of nitrogens with one attached hydrogen (secondary N) is 3. The van der Waals surface area contributed by atoms with Gasteiger partial charge in [-0.15, -0.1) is 11.3 Å². The zero-order valence-electron chi connectivity index (χ0n) is 16.9. The first kappa shape index (κ1) is 23.4. The van der Waals surface area contributed by atoms with Crippen LogP contribution in [0.5, 0.6) is 0 Å². The monoisotopic (exact) mass is 501 g/mol. The molecule has 4 heterocycles. The van der Waals surface area contributed by atoms with E-state index in [-0.39, 0.29) is 35.5 Å². The van der Waals surface area contributed by atoms with Crippen molar-refractivity contribution in [2.45, 2.75) is 31.4 Å². The lowest BCUT2D eigenvalue weighted by Crippen LogP contribution is -2.45. The average molecular weight is 502 g/mol. The van der Waals surface area contributed by atoms with Crippen LogP contribution in [0.3, 0.4) is 0 Å². The van der Waals surface area contributed by atoms with Crippen LogP contribution in [-0.2, 0) is 12.7 Å². The number of fused-ring (bicyclic) bond motifs is 1. The molecule has 2 aliphatic heterocycles. The van der Waals surface area contributed by atoms with Crippen LogP contribution in [-0.4, -0.2) is 51.7 Å². The third-order valence-corrected chi connectivity index (χ3v) is 7.35. The molecule has 1 amide bonds. The lowest BCUT2D eigenvalue weighted by atomic mass is 10.1. The van der Waals surface area contributed by atoms with E-state index in [4.69, 9.17) is 11.1 Å². The van der Waals surface area contributed by atoms with Gasteiger partial charge >= 0.3 is 6.18 Å². The van der Waals surface area contributed by atoms with Gasteiger partial charge in [0.1, 0.15) is 11.7 Å². The summed E-state index contributed by atoms with van der Waals surface area (Å²) < 4.78 is 57.3. The summed E-state index contributed by atoms with van der Waals surface area (Å²) in [5.74, 6) is -0.458. The predicted molar refractivity (Wildman–Crippen MR) is 119 cm³/mol. The summed E-state index contributed by atoms with van der Waals surface area (Å²) in [5.41, 5.74) is 4.38. The number of hydrogen-bond acceptors (Lipinski definition) is 9. The minimum Gasteiger partial charge on any atom is -0.404 e. The highest BCUT2D eigenvalue weighted by Crippen LogP contribution is 2.40. The summed E-state index contributed by atoms with van der Waals surface area (Å²) in [4.78, 5) is 21.0. The van der Waals surface area contributed by atoms with Crippen molar-refractivity contribution in [2.75, 3.05) is 18.4 Å². The molecule has 2 aliphatic rings. The van der Waals surface area contributed by atoms with E-state index in [0.717, 1.165) is 29.5 Å². The first-order valence-corrected chi connectivity index (χ1v) is 11.4. The molecule has 0 bridgehead atoms. The molecule has 4 rings (SSSR count). The van der Waals surface area contributed by atoms with Gasteiger partial charge in [0, 0.05) is 36.6 Å². The van der Waals surface area contributed by atoms with Crippen molar-refractivity contribution in [1.29, 1.82) is 5.41 Å². The van der Waals surface area contributed by atoms with Crippen LogP contribution in [0, 0.1) is 5.41 Å². The van der Waals surface area contributed by atoms with E-state index in [1.807, 2.05) is 0 Å². The number of carbonyl (C=O) groups excluding carboxylic acids is 1. The topological polar surface area (TPSA) is 120 Å². The van der Waals surface area contributed by atoms with E-state index < -0.39 is 24.0 Å². The predicted octanol–water partition coefficient (Wildman–Crippen LogP) is 3.39. The molecule has 2 unspecified atom stereocenters. The molecule has 33 heavy (non-hydrogen) atoms. The second-order valence-corrected chi connectivity index (χ2v) is 9.64. The van der Waals surface area contributed by atoms with Crippen molar-refractivity contribution >= 4 is 41.4 Å². The minimum atomic E-state index is -4.70. The lowest BCUT2D eigenvalue weighted by Gasteiger charge is -2.34. The van der Waals surface area contributed by atoms with Gasteiger partial charge in [0.15, 0.2) is 0 Å². The number of nitrogens with zero attached hydrogens (tertiary/aromatic N) is 3. The summed E-state index contributed by atoms with van der Waals surface area (Å²) in [6.45, 7) is 0.761. The molecule has 0 saturated carbocycles. The number of anilines is 1. The van der Waals surface area contributed by atoms with Crippen LogP contribution in [0.15, 0.2) is 23.4 Å². The van der Waals surface area contributed by atoms with Crippen molar-refractivity contribution in [1.82, 2.24) is 19.6 Å². The Hall–Kier alpha value is -2.71. The molecule has 2 atom stereocenters. The van der Waals surface area contributed by atoms with Gasteiger partial charge in [0.05, 0.1) is 33.6 Å². The molecule has 1 saturated heterocycles. The maximum absolute atomic E-state index is 14.8. The number of hydrogen-bond donors (Lipinski definition) is 4. The van der Waals surface area contributed by atoms with Crippen LogP contribution < -0.4 is 16.4 Å². The minimum absolute atomic E-state index is 0.0355.